The Labute approximate surface area is 162 Å². The maximum absolute atomic E-state index is 12.9. The summed E-state index contributed by atoms with van der Waals surface area (Å²) in [5.41, 5.74) is 2.11. The highest BCUT2D eigenvalue weighted by molar-refractivity contribution is 7.99. The van der Waals surface area contributed by atoms with Crippen LogP contribution in [0.25, 0.3) is 0 Å². The van der Waals surface area contributed by atoms with Crippen LogP contribution < -0.4 is 10.9 Å². The van der Waals surface area contributed by atoms with Crippen molar-refractivity contribution in [1.82, 2.24) is 9.97 Å². The number of thioether (sulfide) groups is 1. The number of esters is 1. The zero-order chi connectivity index (χ0) is 19.6. The Kier molecular flexibility index (Phi) is 5.70. The van der Waals surface area contributed by atoms with Gasteiger partial charge in [-0.3, -0.25) is 4.79 Å². The Hall–Kier alpha value is -2.54. The highest BCUT2D eigenvalue weighted by atomic mass is 32.2. The summed E-state index contributed by atoms with van der Waals surface area (Å²) in [7, 11) is 0. The minimum absolute atomic E-state index is 0.250. The van der Waals surface area contributed by atoms with Crippen molar-refractivity contribution in [3.63, 3.8) is 0 Å². The topological polar surface area (TPSA) is 84.1 Å². The first-order valence-corrected chi connectivity index (χ1v) is 9.91. The first-order chi connectivity index (χ1) is 12.9. The van der Waals surface area contributed by atoms with Crippen molar-refractivity contribution in [3.8, 4) is 0 Å². The number of carbonyl (C=O) groups is 1. The van der Waals surface area contributed by atoms with Crippen LogP contribution in [0.1, 0.15) is 44.7 Å². The number of rotatable bonds is 5. The van der Waals surface area contributed by atoms with E-state index in [9.17, 15) is 9.59 Å². The number of carbonyl (C=O) groups excluding carboxylic acids is 1. The molecule has 2 N–H and O–H groups in total. The predicted molar refractivity (Wildman–Crippen MR) is 107 cm³/mol. The van der Waals surface area contributed by atoms with Crippen LogP contribution in [0.15, 0.2) is 51.6 Å². The molecule has 0 amide bonds. The van der Waals surface area contributed by atoms with Gasteiger partial charge in [0.1, 0.15) is 5.82 Å². The molecule has 0 saturated heterocycles. The van der Waals surface area contributed by atoms with Gasteiger partial charge in [0.05, 0.1) is 23.2 Å². The minimum Gasteiger partial charge on any atom is -0.460 e. The third kappa shape index (κ3) is 3.93. The summed E-state index contributed by atoms with van der Waals surface area (Å²) in [6, 6.07) is 9.49. The Morgan fingerprint density at radius 2 is 2.00 bits per heavy atom. The van der Waals surface area contributed by atoms with E-state index in [1.165, 1.54) is 11.8 Å². The van der Waals surface area contributed by atoms with Crippen LogP contribution in [-0.4, -0.2) is 27.8 Å². The van der Waals surface area contributed by atoms with Crippen LogP contribution in [0.4, 0.5) is 5.82 Å². The van der Waals surface area contributed by atoms with Gasteiger partial charge in [-0.05, 0) is 32.1 Å². The van der Waals surface area contributed by atoms with Gasteiger partial charge < -0.3 is 15.0 Å². The van der Waals surface area contributed by atoms with E-state index < -0.39 is 11.9 Å². The number of aromatic amines is 1. The average molecular weight is 385 g/mol. The summed E-state index contributed by atoms with van der Waals surface area (Å²) in [6.45, 7) is 7.41. The highest BCUT2D eigenvalue weighted by Gasteiger charge is 2.36. The third-order valence-corrected chi connectivity index (χ3v) is 4.95. The molecule has 0 saturated carbocycles. The lowest BCUT2D eigenvalue weighted by molar-refractivity contribution is -0.143. The van der Waals surface area contributed by atoms with Crippen LogP contribution in [0, 0.1) is 0 Å². The van der Waals surface area contributed by atoms with Crippen molar-refractivity contribution in [2.75, 3.05) is 11.1 Å². The summed E-state index contributed by atoms with van der Waals surface area (Å²) < 4.78 is 5.46. The summed E-state index contributed by atoms with van der Waals surface area (Å²) in [5, 5.41) is 3.69. The van der Waals surface area contributed by atoms with Gasteiger partial charge in [0.2, 0.25) is 0 Å². The van der Waals surface area contributed by atoms with Crippen LogP contribution in [0.3, 0.4) is 0 Å². The molecule has 0 fully saturated rings. The summed E-state index contributed by atoms with van der Waals surface area (Å²) in [6.07, 6.45) is -0.254. The standard InChI is InChI=1S/C20H23N3O3S/c1-5-27-20-22-17-16(18(24)23-20)15(13-9-7-6-8-10-13)14(12(4)21-17)19(25)26-11(2)3/h6-11,15H,5H2,1-4H3,(H2,21,22,23,24)/t15-/m1/s1. The second-order valence-electron chi connectivity index (χ2n) is 6.53. The van der Waals surface area contributed by atoms with Crippen molar-refractivity contribution in [1.29, 1.82) is 0 Å². The number of aromatic nitrogens is 2. The fourth-order valence-electron chi connectivity index (χ4n) is 3.16. The number of H-pyrrole nitrogens is 1. The first-order valence-electron chi connectivity index (χ1n) is 8.93. The molecular formula is C20H23N3O3S. The molecule has 1 aliphatic heterocycles. The monoisotopic (exact) mass is 385 g/mol. The molecule has 6 nitrogen and oxygen atoms in total. The number of anilines is 1. The molecule has 0 radical (unpaired) electrons. The Morgan fingerprint density at radius 3 is 2.63 bits per heavy atom. The zero-order valence-corrected chi connectivity index (χ0v) is 16.6. The maximum atomic E-state index is 12.9. The SMILES string of the molecule is CCSc1nc2c(c(=O)[nH]1)[C@H](c1ccccc1)C(C(=O)OC(C)C)=C(C)N2. The van der Waals surface area contributed by atoms with Crippen molar-refractivity contribution >= 4 is 23.5 Å². The van der Waals surface area contributed by atoms with Crippen LogP contribution >= 0.6 is 11.8 Å². The second kappa shape index (κ2) is 8.00. The molecule has 1 aromatic heterocycles. The molecule has 142 valence electrons. The quantitative estimate of drug-likeness (QED) is 0.464. The summed E-state index contributed by atoms with van der Waals surface area (Å²) >= 11 is 1.46. The predicted octanol–water partition coefficient (Wildman–Crippen LogP) is 3.66. The fourth-order valence-corrected chi connectivity index (χ4v) is 3.76. The van der Waals surface area contributed by atoms with Gasteiger partial charge in [-0.1, -0.05) is 49.0 Å². The molecule has 1 aromatic carbocycles. The molecule has 0 spiro atoms. The third-order valence-electron chi connectivity index (χ3n) is 4.20. The lowest BCUT2D eigenvalue weighted by Crippen LogP contribution is -2.31. The van der Waals surface area contributed by atoms with E-state index in [1.807, 2.05) is 44.2 Å². The van der Waals surface area contributed by atoms with Crippen LogP contribution in [0.5, 0.6) is 0 Å². The van der Waals surface area contributed by atoms with Crippen LogP contribution in [-0.2, 0) is 9.53 Å². The zero-order valence-electron chi connectivity index (χ0n) is 15.8. The molecule has 0 unspecified atom stereocenters. The Morgan fingerprint density at radius 1 is 1.30 bits per heavy atom. The minimum atomic E-state index is -0.536. The molecule has 2 aromatic rings. The molecule has 0 aliphatic carbocycles. The lowest BCUT2D eigenvalue weighted by atomic mass is 9.82. The number of ether oxygens (including phenoxy) is 1. The van der Waals surface area contributed by atoms with E-state index in [0.29, 0.717) is 27.8 Å². The molecule has 27 heavy (non-hydrogen) atoms. The lowest BCUT2D eigenvalue weighted by Gasteiger charge is -2.29. The van der Waals surface area contributed by atoms with E-state index in [0.717, 1.165) is 11.3 Å². The molecule has 0 bridgehead atoms. The number of fused-ring (bicyclic) bond motifs is 1. The van der Waals surface area contributed by atoms with Gasteiger partial charge in [-0.15, -0.1) is 0 Å². The number of allylic oxidation sites excluding steroid dienone is 1. The van der Waals surface area contributed by atoms with Gasteiger partial charge >= 0.3 is 5.97 Å². The average Bonchev–Trinajstić information content (AvgIpc) is 2.60. The van der Waals surface area contributed by atoms with Gasteiger partial charge in [0.25, 0.3) is 5.56 Å². The maximum Gasteiger partial charge on any atom is 0.337 e. The fraction of sp³-hybridized carbons (Fsp3) is 0.350. The summed E-state index contributed by atoms with van der Waals surface area (Å²) in [4.78, 5) is 33.1. The number of benzene rings is 1. The molecule has 7 heteroatoms. The first kappa shape index (κ1) is 19.2. The van der Waals surface area contributed by atoms with Crippen molar-refractivity contribution in [3.05, 3.63) is 63.1 Å². The number of nitrogens with zero attached hydrogens (tertiary/aromatic N) is 1. The Balaban J connectivity index is 2.20. The van der Waals surface area contributed by atoms with E-state index in [1.54, 1.807) is 13.8 Å². The smallest absolute Gasteiger partial charge is 0.337 e. The highest BCUT2D eigenvalue weighted by Crippen LogP contribution is 2.40. The molecule has 2 heterocycles. The normalized spacial score (nSPS) is 16.1. The molecule has 1 atom stereocenters. The number of nitrogens with one attached hydrogen (secondary N) is 2. The van der Waals surface area contributed by atoms with E-state index in [2.05, 4.69) is 15.3 Å². The van der Waals surface area contributed by atoms with Gasteiger partial charge in [0, 0.05) is 5.70 Å². The largest absolute Gasteiger partial charge is 0.460 e. The Bertz CT molecular complexity index is 935. The molecule has 1 aliphatic rings. The van der Waals surface area contributed by atoms with E-state index in [4.69, 9.17) is 4.74 Å². The van der Waals surface area contributed by atoms with E-state index in [-0.39, 0.29) is 11.7 Å². The molecular weight excluding hydrogens is 362 g/mol. The van der Waals surface area contributed by atoms with Gasteiger partial charge in [-0.2, -0.15) is 0 Å². The van der Waals surface area contributed by atoms with Crippen molar-refractivity contribution < 1.29 is 9.53 Å². The van der Waals surface area contributed by atoms with Crippen molar-refractivity contribution in [2.24, 2.45) is 0 Å². The molecule has 3 rings (SSSR count). The number of hydrogen-bond donors (Lipinski definition) is 2. The van der Waals surface area contributed by atoms with E-state index >= 15 is 0 Å². The number of hydrogen-bond acceptors (Lipinski definition) is 6. The summed E-state index contributed by atoms with van der Waals surface area (Å²) in [5.74, 6) is 0.318. The van der Waals surface area contributed by atoms with Crippen LogP contribution in [0.2, 0.25) is 0 Å². The second-order valence-corrected chi connectivity index (χ2v) is 7.78. The van der Waals surface area contributed by atoms with Gasteiger partial charge in [-0.25, -0.2) is 9.78 Å². The van der Waals surface area contributed by atoms with Gasteiger partial charge in [0.15, 0.2) is 5.16 Å². The van der Waals surface area contributed by atoms with Crippen molar-refractivity contribution in [2.45, 2.75) is 44.9 Å².